The Labute approximate surface area is 140 Å². The Kier molecular flexibility index (Phi) is 4.83. The Balaban J connectivity index is 1.64. The van der Waals surface area contributed by atoms with Gasteiger partial charge in [-0.2, -0.15) is 0 Å². The number of esters is 1. The fourth-order valence-corrected chi connectivity index (χ4v) is 3.45. The van der Waals surface area contributed by atoms with Gasteiger partial charge in [0.1, 0.15) is 5.69 Å². The Hall–Kier alpha value is -2.37. The first-order valence-corrected chi connectivity index (χ1v) is 8.33. The van der Waals surface area contributed by atoms with Crippen molar-refractivity contribution in [2.45, 2.75) is 38.5 Å². The summed E-state index contributed by atoms with van der Waals surface area (Å²) in [4.78, 5) is 24.5. The van der Waals surface area contributed by atoms with Gasteiger partial charge in [0, 0.05) is 11.9 Å². The van der Waals surface area contributed by atoms with Gasteiger partial charge in [-0.3, -0.25) is 9.59 Å². The van der Waals surface area contributed by atoms with Gasteiger partial charge in [0.05, 0.1) is 18.9 Å². The minimum absolute atomic E-state index is 0.133. The summed E-state index contributed by atoms with van der Waals surface area (Å²) < 4.78 is 10.2. The number of hydrogen-bond acceptors (Lipinski definition) is 5. The summed E-state index contributed by atoms with van der Waals surface area (Å²) in [7, 11) is 1.40. The molecule has 0 aliphatic heterocycles. The van der Waals surface area contributed by atoms with Crippen molar-refractivity contribution >= 4 is 22.8 Å². The van der Waals surface area contributed by atoms with Crippen LogP contribution in [-0.2, 0) is 20.7 Å². The quantitative estimate of drug-likeness (QED) is 0.852. The molecule has 6 heteroatoms. The standard InChI is InChI=1S/C18H22N2O4/c1-23-17(22)18(9-5-2-6-10-18)12-19-16(21)11-14-13-7-3-4-8-15(13)24-20-14/h3-4,7-8H,2,5-6,9-12H2,1H3,(H,19,21). The highest BCUT2D eigenvalue weighted by molar-refractivity contribution is 5.86. The van der Waals surface area contributed by atoms with Crippen LogP contribution in [0.2, 0.25) is 0 Å². The molecule has 0 unspecified atom stereocenters. The van der Waals surface area contributed by atoms with Crippen molar-refractivity contribution in [3.8, 4) is 0 Å². The highest BCUT2D eigenvalue weighted by Gasteiger charge is 2.40. The second-order valence-corrected chi connectivity index (χ2v) is 6.41. The van der Waals surface area contributed by atoms with Crippen LogP contribution in [0.1, 0.15) is 37.8 Å². The van der Waals surface area contributed by atoms with Gasteiger partial charge in [-0.05, 0) is 25.0 Å². The minimum Gasteiger partial charge on any atom is -0.469 e. The zero-order valence-corrected chi connectivity index (χ0v) is 13.8. The zero-order valence-electron chi connectivity index (χ0n) is 13.8. The first kappa shape index (κ1) is 16.5. The largest absolute Gasteiger partial charge is 0.469 e. The molecule has 1 aliphatic carbocycles. The molecule has 0 saturated heterocycles. The molecule has 1 aromatic carbocycles. The van der Waals surface area contributed by atoms with Gasteiger partial charge < -0.3 is 14.6 Å². The van der Waals surface area contributed by atoms with E-state index in [4.69, 9.17) is 9.26 Å². The monoisotopic (exact) mass is 330 g/mol. The van der Waals surface area contributed by atoms with Crippen molar-refractivity contribution in [2.75, 3.05) is 13.7 Å². The molecule has 1 fully saturated rings. The third-order valence-corrected chi connectivity index (χ3v) is 4.83. The van der Waals surface area contributed by atoms with Crippen LogP contribution in [0.25, 0.3) is 11.0 Å². The van der Waals surface area contributed by atoms with Gasteiger partial charge in [0.15, 0.2) is 5.58 Å². The second-order valence-electron chi connectivity index (χ2n) is 6.41. The van der Waals surface area contributed by atoms with Gasteiger partial charge in [0.2, 0.25) is 5.91 Å². The van der Waals surface area contributed by atoms with Gasteiger partial charge in [-0.15, -0.1) is 0 Å². The smallest absolute Gasteiger partial charge is 0.313 e. The molecular formula is C18H22N2O4. The number of methoxy groups -OCH3 is 1. The fraction of sp³-hybridized carbons (Fsp3) is 0.500. The van der Waals surface area contributed by atoms with E-state index in [1.807, 2.05) is 24.3 Å². The number of ether oxygens (including phenoxy) is 1. The molecular weight excluding hydrogens is 308 g/mol. The number of fused-ring (bicyclic) bond motifs is 1. The molecule has 128 valence electrons. The summed E-state index contributed by atoms with van der Waals surface area (Å²) in [6.07, 6.45) is 4.74. The summed E-state index contributed by atoms with van der Waals surface area (Å²) in [5.74, 6) is -0.391. The average Bonchev–Trinajstić information content (AvgIpc) is 3.03. The van der Waals surface area contributed by atoms with E-state index in [2.05, 4.69) is 10.5 Å². The molecule has 24 heavy (non-hydrogen) atoms. The van der Waals surface area contributed by atoms with Crippen molar-refractivity contribution in [3.05, 3.63) is 30.0 Å². The van der Waals surface area contributed by atoms with Gasteiger partial charge in [-0.1, -0.05) is 36.6 Å². The number of benzene rings is 1. The van der Waals surface area contributed by atoms with E-state index in [-0.39, 0.29) is 18.3 Å². The molecule has 0 radical (unpaired) electrons. The molecule has 1 saturated carbocycles. The number of para-hydroxylation sites is 1. The van der Waals surface area contributed by atoms with E-state index in [9.17, 15) is 9.59 Å². The van der Waals surface area contributed by atoms with E-state index < -0.39 is 5.41 Å². The third-order valence-electron chi connectivity index (χ3n) is 4.83. The van der Waals surface area contributed by atoms with Crippen molar-refractivity contribution in [1.82, 2.24) is 10.5 Å². The molecule has 0 spiro atoms. The van der Waals surface area contributed by atoms with E-state index in [0.717, 1.165) is 37.5 Å². The lowest BCUT2D eigenvalue weighted by atomic mass is 9.74. The maximum atomic E-state index is 12.3. The molecule has 1 aromatic heterocycles. The van der Waals surface area contributed by atoms with E-state index >= 15 is 0 Å². The SMILES string of the molecule is COC(=O)C1(CNC(=O)Cc2noc3ccccc23)CCCCC1. The van der Waals surface area contributed by atoms with Gasteiger partial charge in [-0.25, -0.2) is 0 Å². The van der Waals surface area contributed by atoms with Crippen LogP contribution in [0.3, 0.4) is 0 Å². The first-order chi connectivity index (χ1) is 11.6. The van der Waals surface area contributed by atoms with Crippen LogP contribution in [-0.4, -0.2) is 30.7 Å². The number of nitrogens with one attached hydrogen (secondary N) is 1. The number of nitrogens with zero attached hydrogens (tertiary/aromatic N) is 1. The molecule has 3 rings (SSSR count). The van der Waals surface area contributed by atoms with Crippen molar-refractivity contribution in [3.63, 3.8) is 0 Å². The molecule has 1 aliphatic rings. The van der Waals surface area contributed by atoms with E-state index in [1.165, 1.54) is 7.11 Å². The fourth-order valence-electron chi connectivity index (χ4n) is 3.45. The van der Waals surface area contributed by atoms with Crippen molar-refractivity contribution in [1.29, 1.82) is 0 Å². The zero-order chi connectivity index (χ0) is 17.0. The molecule has 6 nitrogen and oxygen atoms in total. The summed E-state index contributed by atoms with van der Waals surface area (Å²) in [5.41, 5.74) is 0.687. The first-order valence-electron chi connectivity index (χ1n) is 8.33. The average molecular weight is 330 g/mol. The number of aromatic nitrogens is 1. The lowest BCUT2D eigenvalue weighted by Crippen LogP contribution is -2.45. The van der Waals surface area contributed by atoms with Crippen LogP contribution < -0.4 is 5.32 Å². The Morgan fingerprint density at radius 2 is 2.00 bits per heavy atom. The summed E-state index contributed by atoms with van der Waals surface area (Å²) >= 11 is 0. The summed E-state index contributed by atoms with van der Waals surface area (Å²) in [6.45, 7) is 0.314. The summed E-state index contributed by atoms with van der Waals surface area (Å²) in [6, 6.07) is 7.44. The van der Waals surface area contributed by atoms with Crippen LogP contribution in [0, 0.1) is 5.41 Å². The molecule has 2 aromatic rings. The summed E-state index contributed by atoms with van der Waals surface area (Å²) in [5, 5.41) is 7.70. The molecule has 1 N–H and O–H groups in total. The number of carbonyl (C=O) groups is 2. The lowest BCUT2D eigenvalue weighted by Gasteiger charge is -2.34. The molecule has 1 heterocycles. The Morgan fingerprint density at radius 1 is 1.25 bits per heavy atom. The topological polar surface area (TPSA) is 81.4 Å². The van der Waals surface area contributed by atoms with Gasteiger partial charge >= 0.3 is 5.97 Å². The van der Waals surface area contributed by atoms with Gasteiger partial charge in [0.25, 0.3) is 0 Å². The van der Waals surface area contributed by atoms with Crippen LogP contribution in [0.5, 0.6) is 0 Å². The number of carbonyl (C=O) groups excluding carboxylic acids is 2. The number of amides is 1. The number of hydrogen-bond donors (Lipinski definition) is 1. The van der Waals surface area contributed by atoms with Crippen molar-refractivity contribution in [2.24, 2.45) is 5.41 Å². The molecule has 0 atom stereocenters. The molecule has 1 amide bonds. The maximum Gasteiger partial charge on any atom is 0.313 e. The van der Waals surface area contributed by atoms with Crippen LogP contribution in [0.15, 0.2) is 28.8 Å². The highest BCUT2D eigenvalue weighted by Crippen LogP contribution is 2.36. The second kappa shape index (κ2) is 7.03. The third kappa shape index (κ3) is 3.27. The van der Waals surface area contributed by atoms with Crippen LogP contribution >= 0.6 is 0 Å². The molecule has 0 bridgehead atoms. The Bertz CT molecular complexity index is 731. The van der Waals surface area contributed by atoms with E-state index in [1.54, 1.807) is 0 Å². The number of rotatable bonds is 5. The Morgan fingerprint density at radius 3 is 2.75 bits per heavy atom. The predicted octanol–water partition coefficient (Wildman–Crippen LogP) is 2.61. The van der Waals surface area contributed by atoms with Crippen molar-refractivity contribution < 1.29 is 18.8 Å². The predicted molar refractivity (Wildman–Crippen MR) is 88.3 cm³/mol. The van der Waals surface area contributed by atoms with E-state index in [0.29, 0.717) is 17.8 Å². The minimum atomic E-state index is -0.589. The maximum absolute atomic E-state index is 12.3. The van der Waals surface area contributed by atoms with Crippen LogP contribution in [0.4, 0.5) is 0 Å². The normalized spacial score (nSPS) is 16.7. The highest BCUT2D eigenvalue weighted by atomic mass is 16.5. The lowest BCUT2D eigenvalue weighted by molar-refractivity contribution is -0.154.